The highest BCUT2D eigenvalue weighted by molar-refractivity contribution is 6.31. The van der Waals surface area contributed by atoms with E-state index in [4.69, 9.17) is 22.1 Å². The highest BCUT2D eigenvalue weighted by Gasteiger charge is 2.02. The largest absolute Gasteiger partial charge is 0.376 e. The molecule has 0 amide bonds. The van der Waals surface area contributed by atoms with Crippen molar-refractivity contribution in [3.05, 3.63) is 34.3 Å². The van der Waals surface area contributed by atoms with E-state index in [9.17, 15) is 0 Å². The predicted octanol–water partition coefficient (Wildman–Crippen LogP) is 2.97. The summed E-state index contributed by atoms with van der Waals surface area (Å²) in [7, 11) is 0. The van der Waals surface area contributed by atoms with Gasteiger partial charge in [-0.15, -0.1) is 0 Å². The van der Waals surface area contributed by atoms with Crippen molar-refractivity contribution in [1.29, 1.82) is 0 Å². The van der Waals surface area contributed by atoms with E-state index in [1.807, 2.05) is 18.2 Å². The summed E-state index contributed by atoms with van der Waals surface area (Å²) in [4.78, 5) is 0. The van der Waals surface area contributed by atoms with E-state index in [0.717, 1.165) is 22.8 Å². The summed E-state index contributed by atoms with van der Waals surface area (Å²) in [5.41, 5.74) is 7.59. The summed E-state index contributed by atoms with van der Waals surface area (Å²) >= 11 is 6.09. The Labute approximate surface area is 96.4 Å². The standard InChI is InChI=1S/C12H18ClNO/c1-9(2)7-15-8-11-4-3-10(6-14)5-12(11)13/h3-5,9H,6-8,14H2,1-2H3. The van der Waals surface area contributed by atoms with Gasteiger partial charge in [-0.05, 0) is 23.1 Å². The monoisotopic (exact) mass is 227 g/mol. The second-order valence-corrected chi connectivity index (χ2v) is 4.45. The van der Waals surface area contributed by atoms with Crippen LogP contribution in [0, 0.1) is 5.92 Å². The quantitative estimate of drug-likeness (QED) is 0.840. The van der Waals surface area contributed by atoms with E-state index in [1.54, 1.807) is 0 Å². The number of benzene rings is 1. The molecule has 2 N–H and O–H groups in total. The average Bonchev–Trinajstić information content (AvgIpc) is 2.20. The third-order valence-electron chi connectivity index (χ3n) is 2.06. The van der Waals surface area contributed by atoms with Gasteiger partial charge in [-0.25, -0.2) is 0 Å². The third-order valence-corrected chi connectivity index (χ3v) is 2.41. The van der Waals surface area contributed by atoms with E-state index in [-0.39, 0.29) is 0 Å². The van der Waals surface area contributed by atoms with E-state index in [2.05, 4.69) is 13.8 Å². The lowest BCUT2D eigenvalue weighted by molar-refractivity contribution is 0.0971. The zero-order valence-corrected chi connectivity index (χ0v) is 10.1. The molecular weight excluding hydrogens is 210 g/mol. The summed E-state index contributed by atoms with van der Waals surface area (Å²) in [6, 6.07) is 5.86. The number of ether oxygens (including phenoxy) is 1. The van der Waals surface area contributed by atoms with Gasteiger partial charge in [0.1, 0.15) is 0 Å². The molecule has 0 aliphatic heterocycles. The van der Waals surface area contributed by atoms with Crippen molar-refractivity contribution >= 4 is 11.6 Å². The van der Waals surface area contributed by atoms with Crippen LogP contribution >= 0.6 is 11.6 Å². The van der Waals surface area contributed by atoms with Gasteiger partial charge in [0.25, 0.3) is 0 Å². The summed E-state index contributed by atoms with van der Waals surface area (Å²) in [5, 5.41) is 0.738. The SMILES string of the molecule is CC(C)COCc1ccc(CN)cc1Cl. The number of hydrogen-bond donors (Lipinski definition) is 1. The van der Waals surface area contributed by atoms with Crippen LogP contribution in [0.5, 0.6) is 0 Å². The van der Waals surface area contributed by atoms with Gasteiger partial charge in [0.2, 0.25) is 0 Å². The van der Waals surface area contributed by atoms with Crippen LogP contribution in [0.2, 0.25) is 5.02 Å². The van der Waals surface area contributed by atoms with Gasteiger partial charge in [-0.3, -0.25) is 0 Å². The number of nitrogens with two attached hydrogens (primary N) is 1. The first-order chi connectivity index (χ1) is 7.13. The normalized spacial score (nSPS) is 11.0. The Morgan fingerprint density at radius 2 is 2.13 bits per heavy atom. The molecule has 0 bridgehead atoms. The minimum Gasteiger partial charge on any atom is -0.376 e. The lowest BCUT2D eigenvalue weighted by atomic mass is 10.1. The zero-order chi connectivity index (χ0) is 11.3. The van der Waals surface area contributed by atoms with Crippen LogP contribution < -0.4 is 5.73 Å². The summed E-state index contributed by atoms with van der Waals surface area (Å²) in [5.74, 6) is 0.548. The van der Waals surface area contributed by atoms with Gasteiger partial charge >= 0.3 is 0 Å². The van der Waals surface area contributed by atoms with Gasteiger partial charge in [0, 0.05) is 18.2 Å². The molecule has 0 saturated carbocycles. The highest BCUT2D eigenvalue weighted by Crippen LogP contribution is 2.18. The first kappa shape index (κ1) is 12.5. The Bertz CT molecular complexity index is 312. The molecular formula is C12H18ClNO. The van der Waals surface area contributed by atoms with E-state index in [0.29, 0.717) is 19.1 Å². The molecule has 0 unspecified atom stereocenters. The number of rotatable bonds is 5. The first-order valence-corrected chi connectivity index (χ1v) is 5.56. The van der Waals surface area contributed by atoms with Crippen molar-refractivity contribution in [1.82, 2.24) is 0 Å². The minimum atomic E-state index is 0.521. The summed E-state index contributed by atoms with van der Waals surface area (Å²) in [6.45, 7) is 6.10. The minimum absolute atomic E-state index is 0.521. The van der Waals surface area contributed by atoms with E-state index < -0.39 is 0 Å². The van der Waals surface area contributed by atoms with E-state index in [1.165, 1.54) is 0 Å². The maximum absolute atomic E-state index is 6.09. The fourth-order valence-electron chi connectivity index (χ4n) is 1.24. The molecule has 1 rings (SSSR count). The Morgan fingerprint density at radius 1 is 1.40 bits per heavy atom. The van der Waals surface area contributed by atoms with Crippen LogP contribution in [-0.4, -0.2) is 6.61 Å². The summed E-state index contributed by atoms with van der Waals surface area (Å²) in [6.07, 6.45) is 0. The average molecular weight is 228 g/mol. The van der Waals surface area contributed by atoms with Crippen molar-refractivity contribution in [2.75, 3.05) is 6.61 Å². The van der Waals surface area contributed by atoms with Crippen molar-refractivity contribution in [3.8, 4) is 0 Å². The van der Waals surface area contributed by atoms with Gasteiger partial charge in [0.05, 0.1) is 6.61 Å². The molecule has 2 nitrogen and oxygen atoms in total. The van der Waals surface area contributed by atoms with Crippen molar-refractivity contribution < 1.29 is 4.74 Å². The smallest absolute Gasteiger partial charge is 0.0731 e. The first-order valence-electron chi connectivity index (χ1n) is 5.18. The predicted molar refractivity (Wildman–Crippen MR) is 63.8 cm³/mol. The van der Waals surface area contributed by atoms with Gasteiger partial charge in [-0.1, -0.05) is 37.6 Å². The van der Waals surface area contributed by atoms with Gasteiger partial charge < -0.3 is 10.5 Å². The molecule has 84 valence electrons. The van der Waals surface area contributed by atoms with Crippen LogP contribution in [-0.2, 0) is 17.9 Å². The maximum Gasteiger partial charge on any atom is 0.0731 e. The van der Waals surface area contributed by atoms with E-state index >= 15 is 0 Å². The van der Waals surface area contributed by atoms with Gasteiger partial charge in [-0.2, -0.15) is 0 Å². The van der Waals surface area contributed by atoms with Crippen LogP contribution in [0.25, 0.3) is 0 Å². The lowest BCUT2D eigenvalue weighted by Gasteiger charge is -2.09. The molecule has 0 aliphatic carbocycles. The third kappa shape index (κ3) is 4.20. The highest BCUT2D eigenvalue weighted by atomic mass is 35.5. The topological polar surface area (TPSA) is 35.2 Å². The Kier molecular flexibility index (Phi) is 5.09. The maximum atomic E-state index is 6.09. The second-order valence-electron chi connectivity index (χ2n) is 4.04. The molecule has 0 radical (unpaired) electrons. The van der Waals surface area contributed by atoms with Crippen molar-refractivity contribution in [3.63, 3.8) is 0 Å². The van der Waals surface area contributed by atoms with Crippen LogP contribution in [0.4, 0.5) is 0 Å². The summed E-state index contributed by atoms with van der Waals surface area (Å²) < 4.78 is 5.52. The number of halogens is 1. The fourth-order valence-corrected chi connectivity index (χ4v) is 1.50. The Hall–Kier alpha value is -0.570. The zero-order valence-electron chi connectivity index (χ0n) is 9.29. The molecule has 15 heavy (non-hydrogen) atoms. The molecule has 3 heteroatoms. The molecule has 0 atom stereocenters. The molecule has 0 aliphatic rings. The fraction of sp³-hybridized carbons (Fsp3) is 0.500. The van der Waals surface area contributed by atoms with Crippen LogP contribution in [0.3, 0.4) is 0 Å². The van der Waals surface area contributed by atoms with Crippen molar-refractivity contribution in [2.45, 2.75) is 27.0 Å². The van der Waals surface area contributed by atoms with Gasteiger partial charge in [0.15, 0.2) is 0 Å². The molecule has 0 aromatic heterocycles. The number of hydrogen-bond acceptors (Lipinski definition) is 2. The lowest BCUT2D eigenvalue weighted by Crippen LogP contribution is -2.03. The van der Waals surface area contributed by atoms with Crippen molar-refractivity contribution in [2.24, 2.45) is 11.7 Å². The molecule has 0 spiro atoms. The molecule has 1 aromatic rings. The van der Waals surface area contributed by atoms with Crippen LogP contribution in [0.1, 0.15) is 25.0 Å². The Balaban J connectivity index is 2.54. The molecule has 0 saturated heterocycles. The Morgan fingerprint density at radius 3 is 2.67 bits per heavy atom. The second kappa shape index (κ2) is 6.11. The molecule has 1 aromatic carbocycles. The molecule has 0 fully saturated rings. The van der Waals surface area contributed by atoms with Crippen LogP contribution in [0.15, 0.2) is 18.2 Å². The molecule has 0 heterocycles.